The first-order valence-corrected chi connectivity index (χ1v) is 7.47. The van der Waals surface area contributed by atoms with Crippen LogP contribution in [0.25, 0.3) is 11.7 Å². The number of nitrogens with zero attached hydrogens (tertiary/aromatic N) is 3. The maximum Gasteiger partial charge on any atom is 0.283 e. The quantitative estimate of drug-likeness (QED) is 0.922. The van der Waals surface area contributed by atoms with Gasteiger partial charge in [-0.3, -0.25) is 4.90 Å². The molecule has 1 aliphatic rings. The van der Waals surface area contributed by atoms with Crippen LogP contribution in [-0.2, 0) is 6.54 Å². The molecule has 108 valence electrons. The predicted octanol–water partition coefficient (Wildman–Crippen LogP) is 2.26. The Morgan fingerprint density at radius 1 is 1.40 bits per heavy atom. The number of hydrogen-bond donors (Lipinski definition) is 1. The van der Waals surface area contributed by atoms with E-state index < -0.39 is 0 Å². The fourth-order valence-corrected chi connectivity index (χ4v) is 2.74. The second kappa shape index (κ2) is 5.67. The Labute approximate surface area is 125 Å². The van der Waals surface area contributed by atoms with Crippen molar-refractivity contribution in [1.82, 2.24) is 15.1 Å². The monoisotopic (exact) mass is 340 g/mol. The SMILES string of the molecule is CC1CN(Cc2nnc(-c3ccc(Br)o3)o2)CCC1N. The number of halogens is 1. The fraction of sp³-hybridized carbons (Fsp3) is 0.538. The third-order valence-electron chi connectivity index (χ3n) is 3.67. The summed E-state index contributed by atoms with van der Waals surface area (Å²) in [5.74, 6) is 2.08. The molecule has 0 amide bonds. The molecule has 0 aromatic carbocycles. The number of furan rings is 1. The lowest BCUT2D eigenvalue weighted by Crippen LogP contribution is -2.45. The van der Waals surface area contributed by atoms with E-state index in [4.69, 9.17) is 14.6 Å². The lowest BCUT2D eigenvalue weighted by Gasteiger charge is -2.34. The van der Waals surface area contributed by atoms with E-state index in [1.54, 1.807) is 12.1 Å². The summed E-state index contributed by atoms with van der Waals surface area (Å²) in [5, 5.41) is 8.09. The Kier molecular flexibility index (Phi) is 3.91. The first kappa shape index (κ1) is 13.8. The second-order valence-corrected chi connectivity index (χ2v) is 6.05. The molecule has 2 aromatic rings. The molecule has 1 aliphatic heterocycles. The number of aromatic nitrogens is 2. The van der Waals surface area contributed by atoms with Gasteiger partial charge in [0.05, 0.1) is 6.54 Å². The van der Waals surface area contributed by atoms with Gasteiger partial charge in [0.15, 0.2) is 10.4 Å². The first-order chi connectivity index (χ1) is 9.61. The van der Waals surface area contributed by atoms with Gasteiger partial charge >= 0.3 is 0 Å². The van der Waals surface area contributed by atoms with Gasteiger partial charge < -0.3 is 14.6 Å². The van der Waals surface area contributed by atoms with Gasteiger partial charge in [-0.1, -0.05) is 6.92 Å². The number of likely N-dealkylation sites (tertiary alicyclic amines) is 1. The van der Waals surface area contributed by atoms with Crippen molar-refractivity contribution in [1.29, 1.82) is 0 Å². The molecule has 0 aliphatic carbocycles. The summed E-state index contributed by atoms with van der Waals surface area (Å²) in [6.07, 6.45) is 1.01. The van der Waals surface area contributed by atoms with Gasteiger partial charge in [0.2, 0.25) is 5.89 Å². The van der Waals surface area contributed by atoms with E-state index in [0.29, 0.717) is 40.7 Å². The normalized spacial score (nSPS) is 24.1. The van der Waals surface area contributed by atoms with Gasteiger partial charge in [-0.25, -0.2) is 0 Å². The molecule has 1 fully saturated rings. The molecule has 2 atom stereocenters. The minimum absolute atomic E-state index is 0.296. The van der Waals surface area contributed by atoms with Crippen molar-refractivity contribution in [3.05, 3.63) is 22.7 Å². The lowest BCUT2D eigenvalue weighted by molar-refractivity contribution is 0.146. The Balaban J connectivity index is 1.66. The Morgan fingerprint density at radius 3 is 2.95 bits per heavy atom. The van der Waals surface area contributed by atoms with Crippen LogP contribution >= 0.6 is 15.9 Å². The zero-order valence-electron chi connectivity index (χ0n) is 11.3. The van der Waals surface area contributed by atoms with Crippen LogP contribution < -0.4 is 5.73 Å². The summed E-state index contributed by atoms with van der Waals surface area (Å²) in [6.45, 7) is 4.77. The highest BCUT2D eigenvalue weighted by atomic mass is 79.9. The summed E-state index contributed by atoms with van der Waals surface area (Å²) >= 11 is 3.25. The van der Waals surface area contributed by atoms with E-state index in [1.165, 1.54) is 0 Å². The van der Waals surface area contributed by atoms with Crippen LogP contribution in [0.3, 0.4) is 0 Å². The average molecular weight is 341 g/mol. The largest absolute Gasteiger partial charge is 0.444 e. The summed E-state index contributed by atoms with van der Waals surface area (Å²) in [6, 6.07) is 3.89. The molecule has 0 spiro atoms. The molecule has 7 heteroatoms. The van der Waals surface area contributed by atoms with Crippen LogP contribution in [0, 0.1) is 5.92 Å². The van der Waals surface area contributed by atoms with Crippen molar-refractivity contribution in [2.75, 3.05) is 13.1 Å². The third-order valence-corrected chi connectivity index (χ3v) is 4.09. The Morgan fingerprint density at radius 2 is 2.25 bits per heavy atom. The third kappa shape index (κ3) is 2.94. The predicted molar refractivity (Wildman–Crippen MR) is 76.7 cm³/mol. The van der Waals surface area contributed by atoms with E-state index in [0.717, 1.165) is 19.5 Å². The molecule has 3 heterocycles. The van der Waals surface area contributed by atoms with Crippen LogP contribution in [0.2, 0.25) is 0 Å². The van der Waals surface area contributed by atoms with Gasteiger partial charge in [0.1, 0.15) is 0 Å². The molecule has 2 aromatic heterocycles. The topological polar surface area (TPSA) is 81.3 Å². The van der Waals surface area contributed by atoms with Gasteiger partial charge in [-0.2, -0.15) is 0 Å². The number of nitrogens with two attached hydrogens (primary N) is 1. The zero-order valence-corrected chi connectivity index (χ0v) is 12.8. The second-order valence-electron chi connectivity index (χ2n) is 5.27. The maximum atomic E-state index is 6.02. The van der Waals surface area contributed by atoms with Gasteiger partial charge in [0, 0.05) is 19.1 Å². The summed E-state index contributed by atoms with van der Waals surface area (Å²) in [7, 11) is 0. The summed E-state index contributed by atoms with van der Waals surface area (Å²) < 4.78 is 11.7. The van der Waals surface area contributed by atoms with Crippen molar-refractivity contribution < 1.29 is 8.83 Å². The molecule has 0 bridgehead atoms. The first-order valence-electron chi connectivity index (χ1n) is 6.68. The van der Waals surface area contributed by atoms with Crippen LogP contribution in [0.5, 0.6) is 0 Å². The molecule has 20 heavy (non-hydrogen) atoms. The highest BCUT2D eigenvalue weighted by Crippen LogP contribution is 2.24. The van der Waals surface area contributed by atoms with E-state index in [1.807, 2.05) is 0 Å². The Bertz CT molecular complexity index is 582. The molecule has 6 nitrogen and oxygen atoms in total. The molecule has 2 unspecified atom stereocenters. The summed E-state index contributed by atoms with van der Waals surface area (Å²) in [5.41, 5.74) is 6.02. The van der Waals surface area contributed by atoms with Crippen LogP contribution in [0.1, 0.15) is 19.2 Å². The molecular formula is C13H17BrN4O2. The minimum Gasteiger partial charge on any atom is -0.444 e. The van der Waals surface area contributed by atoms with E-state index in [9.17, 15) is 0 Å². The number of rotatable bonds is 3. The molecular weight excluding hydrogens is 324 g/mol. The highest BCUT2D eigenvalue weighted by molar-refractivity contribution is 9.10. The standard InChI is InChI=1S/C13H17BrN4O2/c1-8-6-18(5-4-9(8)15)7-12-16-17-13(20-12)10-2-3-11(14)19-10/h2-3,8-9H,4-7,15H2,1H3. The van der Waals surface area contributed by atoms with Gasteiger partial charge in [-0.05, 0) is 40.4 Å². The van der Waals surface area contributed by atoms with Crippen molar-refractivity contribution in [3.63, 3.8) is 0 Å². The Hall–Kier alpha value is -1.18. The average Bonchev–Trinajstić information content (AvgIpc) is 3.03. The van der Waals surface area contributed by atoms with Gasteiger partial charge in [-0.15, -0.1) is 10.2 Å². The van der Waals surface area contributed by atoms with Crippen LogP contribution in [0.15, 0.2) is 25.6 Å². The van der Waals surface area contributed by atoms with Crippen molar-refractivity contribution in [2.45, 2.75) is 25.9 Å². The van der Waals surface area contributed by atoms with Crippen LogP contribution in [0.4, 0.5) is 0 Å². The smallest absolute Gasteiger partial charge is 0.283 e. The van der Waals surface area contributed by atoms with Crippen molar-refractivity contribution >= 4 is 15.9 Å². The number of hydrogen-bond acceptors (Lipinski definition) is 6. The van der Waals surface area contributed by atoms with E-state index >= 15 is 0 Å². The van der Waals surface area contributed by atoms with E-state index in [2.05, 4.69) is 38.0 Å². The molecule has 0 radical (unpaired) electrons. The zero-order chi connectivity index (χ0) is 14.1. The molecule has 3 rings (SSSR count). The molecule has 1 saturated heterocycles. The summed E-state index contributed by atoms with van der Waals surface area (Å²) in [4.78, 5) is 2.30. The maximum absolute atomic E-state index is 6.02. The fourth-order valence-electron chi connectivity index (χ4n) is 2.43. The minimum atomic E-state index is 0.296. The highest BCUT2D eigenvalue weighted by Gasteiger charge is 2.24. The van der Waals surface area contributed by atoms with Gasteiger partial charge in [0.25, 0.3) is 5.89 Å². The van der Waals surface area contributed by atoms with Crippen molar-refractivity contribution in [2.24, 2.45) is 11.7 Å². The molecule has 2 N–H and O–H groups in total. The lowest BCUT2D eigenvalue weighted by atomic mass is 9.95. The van der Waals surface area contributed by atoms with Crippen LogP contribution in [-0.4, -0.2) is 34.2 Å². The number of piperidine rings is 1. The van der Waals surface area contributed by atoms with E-state index in [-0.39, 0.29) is 0 Å². The molecule has 0 saturated carbocycles. The van der Waals surface area contributed by atoms with Crippen molar-refractivity contribution in [3.8, 4) is 11.7 Å².